The predicted octanol–water partition coefficient (Wildman–Crippen LogP) is 3.80. The molecule has 1 aromatic rings. The zero-order valence-electron chi connectivity index (χ0n) is 24.2. The van der Waals surface area contributed by atoms with Crippen molar-refractivity contribution in [2.45, 2.75) is 110 Å². The highest BCUT2D eigenvalue weighted by atomic mass is 16.6. The Morgan fingerprint density at radius 3 is 2.00 bits per heavy atom. The third-order valence-corrected chi connectivity index (χ3v) is 5.82. The fourth-order valence-electron chi connectivity index (χ4n) is 3.72. The predicted molar refractivity (Wildman–Crippen MR) is 148 cm³/mol. The molecule has 0 spiro atoms. The van der Waals surface area contributed by atoms with Crippen LogP contribution in [0.25, 0.3) is 0 Å². The number of nitrogens with zero attached hydrogens (tertiary/aromatic N) is 1. The van der Waals surface area contributed by atoms with E-state index in [0.29, 0.717) is 17.5 Å². The highest BCUT2D eigenvalue weighted by Gasteiger charge is 2.43. The first kappa shape index (κ1) is 32.5. The maximum absolute atomic E-state index is 14.3. The van der Waals surface area contributed by atoms with Crippen LogP contribution in [0, 0.1) is 12.3 Å². The molecule has 2 atom stereocenters. The number of carbonyl (C=O) groups is 4. The highest BCUT2D eigenvalue weighted by Crippen LogP contribution is 2.33. The summed E-state index contributed by atoms with van der Waals surface area (Å²) in [6, 6.07) is 4.62. The Balaban J connectivity index is 3.71. The number of terminal acetylenes is 1. The molecule has 4 amide bonds. The van der Waals surface area contributed by atoms with Gasteiger partial charge in [-0.3, -0.25) is 14.4 Å². The second-order valence-corrected chi connectivity index (χ2v) is 12.0. The van der Waals surface area contributed by atoms with E-state index in [0.717, 1.165) is 0 Å². The van der Waals surface area contributed by atoms with Crippen LogP contribution in [-0.4, -0.2) is 51.4 Å². The molecule has 210 valence electrons. The van der Waals surface area contributed by atoms with Gasteiger partial charge in [-0.05, 0) is 85.9 Å². The smallest absolute Gasteiger partial charge is 0.408 e. The lowest BCUT2D eigenvalue weighted by atomic mass is 9.90. The topological polar surface area (TPSA) is 131 Å². The van der Waals surface area contributed by atoms with Gasteiger partial charge < -0.3 is 26.0 Å². The molecule has 1 rings (SSSR count). The molecule has 1 aromatic carbocycles. The van der Waals surface area contributed by atoms with E-state index < -0.39 is 52.6 Å². The first-order chi connectivity index (χ1) is 17.3. The number of hydrogen-bond acceptors (Lipinski definition) is 5. The van der Waals surface area contributed by atoms with Crippen molar-refractivity contribution in [3.05, 3.63) is 35.4 Å². The van der Waals surface area contributed by atoms with Crippen molar-refractivity contribution in [2.75, 3.05) is 0 Å². The molecule has 2 unspecified atom stereocenters. The van der Waals surface area contributed by atoms with Crippen LogP contribution in [0.3, 0.4) is 0 Å². The fraction of sp³-hybridized carbons (Fsp3) is 0.586. The van der Waals surface area contributed by atoms with E-state index in [9.17, 15) is 19.2 Å². The monoisotopic (exact) mass is 528 g/mol. The second-order valence-electron chi connectivity index (χ2n) is 12.0. The minimum atomic E-state index is -1.17. The molecule has 0 aliphatic carbocycles. The summed E-state index contributed by atoms with van der Waals surface area (Å²) in [7, 11) is 0. The van der Waals surface area contributed by atoms with E-state index in [4.69, 9.17) is 16.9 Å². The molecule has 4 N–H and O–H groups in total. The summed E-state index contributed by atoms with van der Waals surface area (Å²) < 4.78 is 5.37. The van der Waals surface area contributed by atoms with Crippen molar-refractivity contribution in [1.29, 1.82) is 0 Å². The van der Waals surface area contributed by atoms with Gasteiger partial charge in [0, 0.05) is 23.1 Å². The lowest BCUT2D eigenvalue weighted by Gasteiger charge is -2.45. The van der Waals surface area contributed by atoms with Crippen molar-refractivity contribution < 1.29 is 23.9 Å². The Labute approximate surface area is 227 Å². The number of nitrogens with one attached hydrogen (secondary N) is 2. The van der Waals surface area contributed by atoms with Gasteiger partial charge in [0.2, 0.25) is 17.7 Å². The number of hydrogen-bond donors (Lipinski definition) is 3. The maximum Gasteiger partial charge on any atom is 0.408 e. The van der Waals surface area contributed by atoms with Gasteiger partial charge in [-0.15, -0.1) is 6.42 Å². The van der Waals surface area contributed by atoms with Gasteiger partial charge in [-0.2, -0.15) is 0 Å². The van der Waals surface area contributed by atoms with Crippen molar-refractivity contribution in [2.24, 2.45) is 5.73 Å². The summed E-state index contributed by atoms with van der Waals surface area (Å²) in [4.78, 5) is 53.8. The molecule has 0 aromatic heterocycles. The van der Waals surface area contributed by atoms with Gasteiger partial charge in [-0.25, -0.2) is 4.79 Å². The molecule has 0 saturated heterocycles. The van der Waals surface area contributed by atoms with Crippen LogP contribution in [-0.2, 0) is 19.1 Å². The van der Waals surface area contributed by atoms with Crippen LogP contribution in [0.1, 0.15) is 98.7 Å². The Morgan fingerprint density at radius 1 is 1.03 bits per heavy atom. The molecule has 0 heterocycles. The first-order valence-corrected chi connectivity index (χ1v) is 12.8. The maximum atomic E-state index is 14.3. The summed E-state index contributed by atoms with van der Waals surface area (Å²) >= 11 is 0. The Morgan fingerprint density at radius 2 is 1.58 bits per heavy atom. The van der Waals surface area contributed by atoms with E-state index >= 15 is 0 Å². The third kappa shape index (κ3) is 10.1. The van der Waals surface area contributed by atoms with Crippen LogP contribution in [0.5, 0.6) is 0 Å². The Bertz CT molecular complexity index is 1040. The van der Waals surface area contributed by atoms with Crippen LogP contribution >= 0.6 is 0 Å². The van der Waals surface area contributed by atoms with E-state index in [-0.39, 0.29) is 12.8 Å². The van der Waals surface area contributed by atoms with Crippen molar-refractivity contribution in [3.63, 3.8) is 0 Å². The Kier molecular flexibility index (Phi) is 11.0. The third-order valence-electron chi connectivity index (χ3n) is 5.82. The van der Waals surface area contributed by atoms with Crippen LogP contribution in [0.15, 0.2) is 24.3 Å². The van der Waals surface area contributed by atoms with E-state index in [1.54, 1.807) is 45.0 Å². The molecule has 9 heteroatoms. The van der Waals surface area contributed by atoms with Gasteiger partial charge in [0.15, 0.2) is 0 Å². The summed E-state index contributed by atoms with van der Waals surface area (Å²) in [5, 5.41) is 5.58. The van der Waals surface area contributed by atoms with E-state index in [1.807, 2.05) is 41.5 Å². The summed E-state index contributed by atoms with van der Waals surface area (Å²) in [6.07, 6.45) is 4.99. The summed E-state index contributed by atoms with van der Waals surface area (Å²) in [5.74, 6) is 0.991. The average Bonchev–Trinajstić information content (AvgIpc) is 2.77. The lowest BCUT2D eigenvalue weighted by molar-refractivity contribution is -0.150. The largest absolute Gasteiger partial charge is 0.444 e. The SMILES string of the molecule is C#Cc1ccc(C(C(=O)NC(C)(C)C)N(C(=O)C(CCC(N)=O)NC(=O)OC(C)(C)C)C(C)(C)CC)cc1. The van der Waals surface area contributed by atoms with Crippen molar-refractivity contribution >= 4 is 23.8 Å². The van der Waals surface area contributed by atoms with Gasteiger partial charge >= 0.3 is 6.09 Å². The molecular weight excluding hydrogens is 484 g/mol. The standard InChI is InChI=1S/C29H44N4O5/c1-11-19-13-15-20(16-14-19)23(24(35)32-27(3,4)5)33(29(9,10)12-2)25(36)21(17-18-22(30)34)31-26(37)38-28(6,7)8/h1,13-16,21,23H,12,17-18H2,2-10H3,(H2,30,34)(H,31,37)(H,32,35). The molecule has 0 aliphatic heterocycles. The fourth-order valence-corrected chi connectivity index (χ4v) is 3.72. The molecular formula is C29H44N4O5. The van der Waals surface area contributed by atoms with Crippen LogP contribution in [0.2, 0.25) is 0 Å². The molecule has 0 fully saturated rings. The Hall–Kier alpha value is -3.54. The molecule has 9 nitrogen and oxygen atoms in total. The van der Waals surface area contributed by atoms with Gasteiger partial charge in [-0.1, -0.05) is 25.0 Å². The zero-order valence-corrected chi connectivity index (χ0v) is 24.2. The lowest BCUT2D eigenvalue weighted by Crippen LogP contribution is -2.60. The quantitative estimate of drug-likeness (QED) is 0.398. The van der Waals surface area contributed by atoms with E-state index in [2.05, 4.69) is 16.6 Å². The van der Waals surface area contributed by atoms with Crippen LogP contribution < -0.4 is 16.4 Å². The van der Waals surface area contributed by atoms with Gasteiger partial charge in [0.25, 0.3) is 0 Å². The number of carbonyl (C=O) groups excluding carboxylic acids is 4. The van der Waals surface area contributed by atoms with Crippen molar-refractivity contribution in [3.8, 4) is 12.3 Å². The molecule has 0 aliphatic rings. The highest BCUT2D eigenvalue weighted by molar-refractivity contribution is 5.93. The second kappa shape index (κ2) is 12.8. The van der Waals surface area contributed by atoms with E-state index in [1.165, 1.54) is 4.90 Å². The number of ether oxygens (including phenoxy) is 1. The van der Waals surface area contributed by atoms with Gasteiger partial charge in [0.1, 0.15) is 17.7 Å². The molecule has 0 bridgehead atoms. The first-order valence-electron chi connectivity index (χ1n) is 12.8. The molecule has 38 heavy (non-hydrogen) atoms. The number of benzene rings is 1. The number of nitrogens with two attached hydrogens (primary N) is 1. The number of alkyl carbamates (subject to hydrolysis) is 1. The summed E-state index contributed by atoms with van der Waals surface area (Å²) in [5.41, 5.74) is 4.32. The van der Waals surface area contributed by atoms with Gasteiger partial charge in [0.05, 0.1) is 0 Å². The minimum absolute atomic E-state index is 0.0622. The molecule has 0 radical (unpaired) electrons. The number of primary amides is 1. The van der Waals surface area contributed by atoms with Crippen LogP contribution in [0.4, 0.5) is 4.79 Å². The van der Waals surface area contributed by atoms with Crippen molar-refractivity contribution in [1.82, 2.24) is 15.5 Å². The normalized spacial score (nSPS) is 13.5. The molecule has 0 saturated carbocycles. The number of amides is 4. The number of rotatable bonds is 10. The average molecular weight is 529 g/mol. The summed E-state index contributed by atoms with van der Waals surface area (Å²) in [6.45, 7) is 16.2. The zero-order chi connectivity index (χ0) is 29.5. The minimum Gasteiger partial charge on any atom is -0.444 e.